The Morgan fingerprint density at radius 3 is 2.11 bits per heavy atom. The maximum atomic E-state index is 4.78. The van der Waals surface area contributed by atoms with E-state index in [-0.39, 0.29) is 10.8 Å². The summed E-state index contributed by atoms with van der Waals surface area (Å²) < 4.78 is 2.15. The van der Waals surface area contributed by atoms with Gasteiger partial charge in [-0.25, -0.2) is 4.98 Å². The molecule has 2 heterocycles. The maximum Gasteiger partial charge on any atom is 0.115 e. The molecule has 0 saturated heterocycles. The lowest BCUT2D eigenvalue weighted by atomic mass is 9.91. The quantitative estimate of drug-likeness (QED) is 0.710. The van der Waals surface area contributed by atoms with Crippen molar-refractivity contribution in [1.29, 1.82) is 0 Å². The summed E-state index contributed by atoms with van der Waals surface area (Å²) in [5.41, 5.74) is 3.35. The lowest BCUT2D eigenvalue weighted by molar-refractivity contribution is 0.526. The molecule has 0 spiro atoms. The standard InChI is InChI=1S/C15H23N3/c1-14(2,3)12-8-10-11(9-16-12)18(7)13(17-10)15(4,5)6/h8-9H,1-7H3. The first-order chi connectivity index (χ1) is 8.10. The van der Waals surface area contributed by atoms with Gasteiger partial charge in [0.25, 0.3) is 0 Å². The Hall–Kier alpha value is -1.38. The summed E-state index contributed by atoms with van der Waals surface area (Å²) in [5.74, 6) is 1.10. The lowest BCUT2D eigenvalue weighted by Crippen LogP contribution is -2.17. The Balaban J connectivity index is 2.67. The van der Waals surface area contributed by atoms with Gasteiger partial charge in [0.15, 0.2) is 0 Å². The largest absolute Gasteiger partial charge is 0.329 e. The van der Waals surface area contributed by atoms with Crippen LogP contribution in [0.15, 0.2) is 12.3 Å². The summed E-state index contributed by atoms with van der Waals surface area (Å²) in [7, 11) is 2.06. The minimum absolute atomic E-state index is 0.0513. The highest BCUT2D eigenvalue weighted by molar-refractivity contribution is 5.75. The Labute approximate surface area is 109 Å². The lowest BCUT2D eigenvalue weighted by Gasteiger charge is -2.17. The van der Waals surface area contributed by atoms with Crippen LogP contribution in [0.3, 0.4) is 0 Å². The Morgan fingerprint density at radius 1 is 1.00 bits per heavy atom. The number of hydrogen-bond donors (Lipinski definition) is 0. The van der Waals surface area contributed by atoms with E-state index >= 15 is 0 Å². The second-order valence-electron chi connectivity index (χ2n) is 7.05. The van der Waals surface area contributed by atoms with Crippen molar-refractivity contribution >= 4 is 11.0 Å². The van der Waals surface area contributed by atoms with Crippen LogP contribution >= 0.6 is 0 Å². The number of hydrogen-bond acceptors (Lipinski definition) is 2. The smallest absolute Gasteiger partial charge is 0.115 e. The summed E-state index contributed by atoms with van der Waals surface area (Å²) in [5, 5.41) is 0. The molecule has 0 aliphatic heterocycles. The van der Waals surface area contributed by atoms with E-state index in [1.54, 1.807) is 0 Å². The molecule has 0 aliphatic rings. The van der Waals surface area contributed by atoms with Gasteiger partial charge in [0.2, 0.25) is 0 Å². The summed E-state index contributed by atoms with van der Waals surface area (Å²) >= 11 is 0. The van der Waals surface area contributed by atoms with Crippen LogP contribution in [0.2, 0.25) is 0 Å². The van der Waals surface area contributed by atoms with E-state index in [2.05, 4.69) is 64.2 Å². The van der Waals surface area contributed by atoms with E-state index in [0.717, 1.165) is 22.6 Å². The van der Waals surface area contributed by atoms with Gasteiger partial charge < -0.3 is 4.57 Å². The van der Waals surface area contributed by atoms with Crippen molar-refractivity contribution in [3.8, 4) is 0 Å². The monoisotopic (exact) mass is 245 g/mol. The molecule has 0 unspecified atom stereocenters. The van der Waals surface area contributed by atoms with Crippen molar-refractivity contribution in [3.05, 3.63) is 23.8 Å². The Bertz CT molecular complexity index is 580. The molecule has 18 heavy (non-hydrogen) atoms. The fourth-order valence-corrected chi connectivity index (χ4v) is 2.17. The molecule has 0 aromatic carbocycles. The van der Waals surface area contributed by atoms with Gasteiger partial charge in [-0.05, 0) is 6.07 Å². The van der Waals surface area contributed by atoms with Gasteiger partial charge in [0.05, 0.1) is 17.2 Å². The van der Waals surface area contributed by atoms with E-state index in [9.17, 15) is 0 Å². The number of aryl methyl sites for hydroxylation is 1. The van der Waals surface area contributed by atoms with Crippen LogP contribution < -0.4 is 0 Å². The van der Waals surface area contributed by atoms with E-state index in [1.807, 2.05) is 6.20 Å². The fourth-order valence-electron chi connectivity index (χ4n) is 2.17. The highest BCUT2D eigenvalue weighted by atomic mass is 15.1. The summed E-state index contributed by atoms with van der Waals surface area (Å²) in [6, 6.07) is 2.12. The second kappa shape index (κ2) is 3.81. The third-order valence-electron chi connectivity index (χ3n) is 3.21. The molecule has 2 aromatic rings. The molecule has 0 N–H and O–H groups in total. The normalized spacial score (nSPS) is 13.3. The predicted molar refractivity (Wildman–Crippen MR) is 75.9 cm³/mol. The molecule has 2 rings (SSSR count). The first kappa shape index (κ1) is 13.1. The van der Waals surface area contributed by atoms with Crippen LogP contribution in [0.25, 0.3) is 11.0 Å². The minimum Gasteiger partial charge on any atom is -0.329 e. The van der Waals surface area contributed by atoms with E-state index < -0.39 is 0 Å². The summed E-state index contributed by atoms with van der Waals surface area (Å²) in [4.78, 5) is 9.35. The molecule has 0 fully saturated rings. The van der Waals surface area contributed by atoms with Gasteiger partial charge in [-0.15, -0.1) is 0 Å². The summed E-state index contributed by atoms with van der Waals surface area (Å²) in [6.07, 6.45) is 1.94. The van der Waals surface area contributed by atoms with Crippen molar-refractivity contribution in [3.63, 3.8) is 0 Å². The van der Waals surface area contributed by atoms with Crippen LogP contribution in [-0.4, -0.2) is 14.5 Å². The van der Waals surface area contributed by atoms with Gasteiger partial charge in [-0.1, -0.05) is 41.5 Å². The first-order valence-corrected chi connectivity index (χ1v) is 6.44. The first-order valence-electron chi connectivity index (χ1n) is 6.44. The molecule has 3 nitrogen and oxygen atoms in total. The second-order valence-corrected chi connectivity index (χ2v) is 7.05. The zero-order valence-corrected chi connectivity index (χ0v) is 12.5. The molecule has 0 saturated carbocycles. The molecule has 98 valence electrons. The molecule has 0 radical (unpaired) electrons. The molecular weight excluding hydrogens is 222 g/mol. The zero-order chi connectivity index (χ0) is 13.7. The van der Waals surface area contributed by atoms with Crippen molar-refractivity contribution in [2.45, 2.75) is 52.4 Å². The maximum absolute atomic E-state index is 4.78. The van der Waals surface area contributed by atoms with Crippen LogP contribution in [0.1, 0.15) is 53.1 Å². The third kappa shape index (κ3) is 2.14. The van der Waals surface area contributed by atoms with Crippen molar-refractivity contribution in [2.75, 3.05) is 0 Å². The van der Waals surface area contributed by atoms with Gasteiger partial charge >= 0.3 is 0 Å². The average molecular weight is 245 g/mol. The van der Waals surface area contributed by atoms with Crippen LogP contribution in [0.5, 0.6) is 0 Å². The predicted octanol–water partition coefficient (Wildman–Crippen LogP) is 3.56. The van der Waals surface area contributed by atoms with Crippen LogP contribution in [0.4, 0.5) is 0 Å². The fraction of sp³-hybridized carbons (Fsp3) is 0.600. The van der Waals surface area contributed by atoms with E-state index in [1.165, 1.54) is 0 Å². The van der Waals surface area contributed by atoms with Gasteiger partial charge in [0.1, 0.15) is 5.82 Å². The van der Waals surface area contributed by atoms with Crippen LogP contribution in [-0.2, 0) is 17.9 Å². The number of rotatable bonds is 0. The number of imidazole rings is 1. The van der Waals surface area contributed by atoms with Crippen molar-refractivity contribution < 1.29 is 0 Å². The topological polar surface area (TPSA) is 30.7 Å². The zero-order valence-electron chi connectivity index (χ0n) is 12.5. The minimum atomic E-state index is 0.0513. The molecular formula is C15H23N3. The molecule has 0 atom stereocenters. The van der Waals surface area contributed by atoms with E-state index in [0.29, 0.717) is 0 Å². The van der Waals surface area contributed by atoms with Crippen molar-refractivity contribution in [1.82, 2.24) is 14.5 Å². The SMILES string of the molecule is Cn1c(C(C)(C)C)nc2cc(C(C)(C)C)ncc21. The molecule has 0 aliphatic carbocycles. The molecule has 3 heteroatoms. The van der Waals surface area contributed by atoms with Gasteiger partial charge in [-0.2, -0.15) is 0 Å². The molecule has 2 aromatic heterocycles. The number of fused-ring (bicyclic) bond motifs is 1. The number of aromatic nitrogens is 3. The Kier molecular flexibility index (Phi) is 2.76. The Morgan fingerprint density at radius 2 is 1.61 bits per heavy atom. The van der Waals surface area contributed by atoms with Gasteiger partial charge in [0, 0.05) is 23.6 Å². The number of nitrogens with zero attached hydrogens (tertiary/aromatic N) is 3. The molecule has 0 amide bonds. The number of pyridine rings is 1. The highest BCUT2D eigenvalue weighted by Gasteiger charge is 2.23. The average Bonchev–Trinajstić information content (AvgIpc) is 2.54. The van der Waals surface area contributed by atoms with Gasteiger partial charge in [-0.3, -0.25) is 4.98 Å². The van der Waals surface area contributed by atoms with E-state index in [4.69, 9.17) is 4.98 Å². The van der Waals surface area contributed by atoms with Crippen molar-refractivity contribution in [2.24, 2.45) is 7.05 Å². The highest BCUT2D eigenvalue weighted by Crippen LogP contribution is 2.27. The summed E-state index contributed by atoms with van der Waals surface area (Å²) in [6.45, 7) is 13.1. The van der Waals surface area contributed by atoms with Crippen LogP contribution in [0, 0.1) is 0 Å². The molecule has 0 bridgehead atoms. The third-order valence-corrected chi connectivity index (χ3v) is 3.21.